The van der Waals surface area contributed by atoms with Crippen LogP contribution in [0, 0.1) is 0 Å². The van der Waals surface area contributed by atoms with E-state index in [2.05, 4.69) is 10.2 Å². The minimum atomic E-state index is -1.82. The van der Waals surface area contributed by atoms with E-state index in [1.807, 2.05) is 37.3 Å². The Morgan fingerprint density at radius 3 is 2.28 bits per heavy atom. The summed E-state index contributed by atoms with van der Waals surface area (Å²) in [5.74, 6) is -3.59. The smallest absolute Gasteiger partial charge is 0.414 e. The number of nitrogens with two attached hydrogens (primary N) is 1. The summed E-state index contributed by atoms with van der Waals surface area (Å²) >= 11 is 0. The molecule has 0 aliphatic carbocycles. The van der Waals surface area contributed by atoms with Crippen molar-refractivity contribution in [2.45, 2.75) is 19.8 Å². The van der Waals surface area contributed by atoms with E-state index in [9.17, 15) is 4.79 Å². The highest BCUT2D eigenvalue weighted by Gasteiger charge is 2.16. The third-order valence-corrected chi connectivity index (χ3v) is 2.93. The Bertz CT molecular complexity index is 715. The SMILES string of the molecule is CCCOC(=O)Cc1c(N)n[nH]c1-c1ccccc1.O=C(O)C(=O)O. The first-order valence-corrected chi connectivity index (χ1v) is 7.36. The average molecular weight is 349 g/mol. The van der Waals surface area contributed by atoms with Gasteiger partial charge >= 0.3 is 17.9 Å². The Kier molecular flexibility index (Phi) is 7.64. The molecule has 1 heterocycles. The summed E-state index contributed by atoms with van der Waals surface area (Å²) in [5.41, 5.74) is 8.21. The number of hydrogen-bond donors (Lipinski definition) is 4. The summed E-state index contributed by atoms with van der Waals surface area (Å²) < 4.78 is 5.07. The molecule has 0 aliphatic heterocycles. The van der Waals surface area contributed by atoms with E-state index in [4.69, 9.17) is 30.3 Å². The van der Waals surface area contributed by atoms with Crippen LogP contribution in [0.25, 0.3) is 11.3 Å². The summed E-state index contributed by atoms with van der Waals surface area (Å²) in [6, 6.07) is 9.65. The topological polar surface area (TPSA) is 156 Å². The lowest BCUT2D eigenvalue weighted by atomic mass is 10.1. The molecule has 25 heavy (non-hydrogen) atoms. The molecule has 5 N–H and O–H groups in total. The number of ether oxygens (including phenoxy) is 1. The summed E-state index contributed by atoms with van der Waals surface area (Å²) in [6.07, 6.45) is 0.935. The van der Waals surface area contributed by atoms with Gasteiger partial charge in [-0.15, -0.1) is 0 Å². The zero-order valence-corrected chi connectivity index (χ0v) is 13.6. The van der Waals surface area contributed by atoms with Crippen LogP contribution >= 0.6 is 0 Å². The van der Waals surface area contributed by atoms with Gasteiger partial charge in [0, 0.05) is 5.56 Å². The normalized spacial score (nSPS) is 9.64. The van der Waals surface area contributed by atoms with Crippen LogP contribution in [0.4, 0.5) is 5.82 Å². The third kappa shape index (κ3) is 6.34. The Morgan fingerprint density at radius 2 is 1.76 bits per heavy atom. The Balaban J connectivity index is 0.000000450. The minimum absolute atomic E-state index is 0.132. The zero-order valence-electron chi connectivity index (χ0n) is 13.6. The van der Waals surface area contributed by atoms with Crippen molar-refractivity contribution in [1.29, 1.82) is 0 Å². The molecule has 0 unspecified atom stereocenters. The molecule has 0 amide bonds. The van der Waals surface area contributed by atoms with Crippen LogP contribution < -0.4 is 5.73 Å². The number of aliphatic carboxylic acids is 2. The van der Waals surface area contributed by atoms with Gasteiger partial charge in [-0.25, -0.2) is 9.59 Å². The Morgan fingerprint density at radius 1 is 1.16 bits per heavy atom. The van der Waals surface area contributed by atoms with Crippen molar-refractivity contribution in [2.24, 2.45) is 0 Å². The van der Waals surface area contributed by atoms with Gasteiger partial charge in [0.2, 0.25) is 0 Å². The molecular weight excluding hydrogens is 330 g/mol. The molecule has 134 valence electrons. The third-order valence-electron chi connectivity index (χ3n) is 2.93. The van der Waals surface area contributed by atoms with Crippen molar-refractivity contribution in [2.75, 3.05) is 12.3 Å². The second-order valence-corrected chi connectivity index (χ2v) is 4.84. The van der Waals surface area contributed by atoms with E-state index in [0.717, 1.165) is 17.7 Å². The van der Waals surface area contributed by atoms with Crippen LogP contribution in [0.15, 0.2) is 30.3 Å². The molecule has 0 saturated heterocycles. The lowest BCUT2D eigenvalue weighted by Gasteiger charge is -2.05. The molecule has 2 rings (SSSR count). The Labute approximate surface area is 143 Å². The van der Waals surface area contributed by atoms with E-state index < -0.39 is 11.9 Å². The highest BCUT2D eigenvalue weighted by atomic mass is 16.5. The number of carbonyl (C=O) groups is 3. The maximum atomic E-state index is 11.7. The van der Waals surface area contributed by atoms with Crippen LogP contribution in [0.3, 0.4) is 0 Å². The quantitative estimate of drug-likeness (QED) is 0.465. The van der Waals surface area contributed by atoms with E-state index in [1.165, 1.54) is 0 Å². The van der Waals surface area contributed by atoms with Crippen molar-refractivity contribution in [3.63, 3.8) is 0 Å². The first kappa shape index (κ1) is 19.7. The van der Waals surface area contributed by atoms with Gasteiger partial charge in [0.25, 0.3) is 0 Å². The summed E-state index contributed by atoms with van der Waals surface area (Å²) in [4.78, 5) is 29.9. The summed E-state index contributed by atoms with van der Waals surface area (Å²) in [6.45, 7) is 2.38. The molecule has 9 nitrogen and oxygen atoms in total. The number of carboxylic acid groups (broad SMARTS) is 2. The predicted molar refractivity (Wildman–Crippen MR) is 88.7 cm³/mol. The van der Waals surface area contributed by atoms with Gasteiger partial charge < -0.3 is 20.7 Å². The predicted octanol–water partition coefficient (Wildman–Crippen LogP) is 1.31. The molecule has 1 aromatic carbocycles. The average Bonchev–Trinajstić information content (AvgIpc) is 2.95. The molecule has 2 aromatic rings. The van der Waals surface area contributed by atoms with Crippen molar-refractivity contribution in [1.82, 2.24) is 10.2 Å². The first-order valence-electron chi connectivity index (χ1n) is 7.36. The van der Waals surface area contributed by atoms with Gasteiger partial charge in [-0.3, -0.25) is 9.89 Å². The van der Waals surface area contributed by atoms with Crippen LogP contribution in [-0.2, 0) is 25.5 Å². The number of benzene rings is 1. The number of nitrogens with zero attached hydrogens (tertiary/aromatic N) is 1. The number of nitrogen functional groups attached to an aromatic ring is 1. The second kappa shape index (κ2) is 9.71. The maximum absolute atomic E-state index is 11.7. The zero-order chi connectivity index (χ0) is 18.8. The monoisotopic (exact) mass is 349 g/mol. The summed E-state index contributed by atoms with van der Waals surface area (Å²) in [7, 11) is 0. The number of H-pyrrole nitrogens is 1. The fourth-order valence-electron chi connectivity index (χ4n) is 1.81. The van der Waals surface area contributed by atoms with Crippen LogP contribution in [0.5, 0.6) is 0 Å². The molecule has 0 atom stereocenters. The van der Waals surface area contributed by atoms with Crippen LogP contribution in [0.2, 0.25) is 0 Å². The van der Waals surface area contributed by atoms with Gasteiger partial charge in [0.1, 0.15) is 5.82 Å². The molecule has 1 aromatic heterocycles. The van der Waals surface area contributed by atoms with Gasteiger partial charge in [0.05, 0.1) is 18.7 Å². The minimum Gasteiger partial charge on any atom is -0.473 e. The molecular formula is C16H19N3O6. The van der Waals surface area contributed by atoms with Crippen molar-refractivity contribution in [3.8, 4) is 11.3 Å². The number of anilines is 1. The molecule has 0 saturated carbocycles. The van der Waals surface area contributed by atoms with E-state index >= 15 is 0 Å². The molecule has 0 bridgehead atoms. The highest BCUT2D eigenvalue weighted by molar-refractivity contribution is 6.27. The standard InChI is InChI=1S/C14H17N3O2.C2H2O4/c1-2-8-19-12(18)9-11-13(16-17-14(11)15)10-6-4-3-5-7-10;3-1(4)2(5)6/h3-7H,2,8-9H2,1H3,(H3,15,16,17);(H,3,4)(H,5,6). The largest absolute Gasteiger partial charge is 0.473 e. The number of hydrogen-bond acceptors (Lipinski definition) is 6. The molecule has 0 fully saturated rings. The van der Waals surface area contributed by atoms with E-state index in [-0.39, 0.29) is 12.4 Å². The molecule has 0 radical (unpaired) electrons. The molecule has 0 aliphatic rings. The fourth-order valence-corrected chi connectivity index (χ4v) is 1.81. The first-order chi connectivity index (χ1) is 11.9. The van der Waals surface area contributed by atoms with Gasteiger partial charge in [-0.1, -0.05) is 37.3 Å². The van der Waals surface area contributed by atoms with Crippen LogP contribution in [-0.4, -0.2) is 44.9 Å². The van der Waals surface area contributed by atoms with Crippen LogP contribution in [0.1, 0.15) is 18.9 Å². The lowest BCUT2D eigenvalue weighted by molar-refractivity contribution is -0.159. The van der Waals surface area contributed by atoms with Crippen molar-refractivity contribution in [3.05, 3.63) is 35.9 Å². The van der Waals surface area contributed by atoms with Gasteiger partial charge in [0.15, 0.2) is 0 Å². The van der Waals surface area contributed by atoms with Gasteiger partial charge in [-0.05, 0) is 12.0 Å². The molecule has 0 spiro atoms. The number of aromatic amines is 1. The maximum Gasteiger partial charge on any atom is 0.414 e. The molecule has 9 heteroatoms. The lowest BCUT2D eigenvalue weighted by Crippen LogP contribution is -2.10. The van der Waals surface area contributed by atoms with E-state index in [0.29, 0.717) is 18.0 Å². The number of rotatable bonds is 5. The van der Waals surface area contributed by atoms with Crippen molar-refractivity contribution >= 4 is 23.7 Å². The van der Waals surface area contributed by atoms with Gasteiger partial charge in [-0.2, -0.15) is 5.10 Å². The number of esters is 1. The Hall–Kier alpha value is -3.36. The second-order valence-electron chi connectivity index (χ2n) is 4.84. The highest BCUT2D eigenvalue weighted by Crippen LogP contribution is 2.25. The van der Waals surface area contributed by atoms with E-state index in [1.54, 1.807) is 0 Å². The number of carbonyl (C=O) groups excluding carboxylic acids is 1. The fraction of sp³-hybridized carbons (Fsp3) is 0.250. The van der Waals surface area contributed by atoms with Crippen molar-refractivity contribution < 1.29 is 29.3 Å². The number of carboxylic acids is 2. The number of aromatic nitrogens is 2. The number of nitrogens with one attached hydrogen (secondary N) is 1. The summed E-state index contributed by atoms with van der Waals surface area (Å²) in [5, 5.41) is 21.6.